The van der Waals surface area contributed by atoms with Crippen molar-refractivity contribution in [2.24, 2.45) is 0 Å². The maximum Gasteiger partial charge on any atom is 0.262 e. The summed E-state index contributed by atoms with van der Waals surface area (Å²) in [5.74, 6) is -2.02. The minimum Gasteiger partial charge on any atom is -0.319 e. The van der Waals surface area contributed by atoms with E-state index in [9.17, 15) is 22.0 Å². The quantitative estimate of drug-likeness (QED) is 0.693. The van der Waals surface area contributed by atoms with Crippen LogP contribution in [0.2, 0.25) is 0 Å². The van der Waals surface area contributed by atoms with Crippen LogP contribution in [-0.2, 0) is 10.0 Å². The lowest BCUT2D eigenvalue weighted by Crippen LogP contribution is -2.16. The predicted octanol–water partition coefficient (Wildman–Crippen LogP) is 4.02. The molecule has 8 heteroatoms. The van der Waals surface area contributed by atoms with Gasteiger partial charge in [0.15, 0.2) is 0 Å². The molecule has 0 unspecified atom stereocenters. The van der Waals surface area contributed by atoms with E-state index >= 15 is 0 Å². The van der Waals surface area contributed by atoms with E-state index in [1.54, 1.807) is 6.07 Å². The van der Waals surface area contributed by atoms with Crippen LogP contribution in [0, 0.1) is 11.6 Å². The normalized spacial score (nSPS) is 11.0. The summed E-state index contributed by atoms with van der Waals surface area (Å²) in [7, 11) is -4.12. The fourth-order valence-electron chi connectivity index (χ4n) is 2.31. The highest BCUT2D eigenvalue weighted by molar-refractivity contribution is 7.92. The summed E-state index contributed by atoms with van der Waals surface area (Å²) >= 11 is 0. The molecule has 0 aromatic heterocycles. The number of anilines is 2. The van der Waals surface area contributed by atoms with Crippen molar-refractivity contribution < 1.29 is 22.0 Å². The number of rotatable bonds is 5. The molecule has 0 radical (unpaired) electrons. The van der Waals surface area contributed by atoms with E-state index in [0.29, 0.717) is 0 Å². The van der Waals surface area contributed by atoms with Gasteiger partial charge in [-0.05, 0) is 42.5 Å². The lowest BCUT2D eigenvalue weighted by atomic mass is 10.2. The molecule has 2 N–H and O–H groups in total. The highest BCUT2D eigenvalue weighted by Crippen LogP contribution is 2.20. The lowest BCUT2D eigenvalue weighted by molar-refractivity contribution is 0.102. The minimum atomic E-state index is -4.12. The van der Waals surface area contributed by atoms with Crippen molar-refractivity contribution in [3.8, 4) is 0 Å². The lowest BCUT2D eigenvalue weighted by Gasteiger charge is -2.10. The zero-order chi connectivity index (χ0) is 19.4. The second-order valence-electron chi connectivity index (χ2n) is 5.55. The molecule has 0 saturated heterocycles. The largest absolute Gasteiger partial charge is 0.319 e. The maximum atomic E-state index is 13.7. The van der Waals surface area contributed by atoms with Gasteiger partial charge < -0.3 is 5.32 Å². The van der Waals surface area contributed by atoms with E-state index in [1.807, 2.05) is 0 Å². The van der Waals surface area contributed by atoms with Crippen molar-refractivity contribution in [3.05, 3.63) is 90.0 Å². The molecule has 0 aliphatic heterocycles. The van der Waals surface area contributed by atoms with E-state index < -0.39 is 27.6 Å². The highest BCUT2D eigenvalue weighted by atomic mass is 32.2. The Balaban J connectivity index is 1.85. The SMILES string of the molecule is O=C(Nc1ccccc1F)c1cccc(S(=O)(=O)Nc2ccccc2F)c1. The number of amides is 1. The van der Waals surface area contributed by atoms with Crippen molar-refractivity contribution in [1.29, 1.82) is 0 Å². The van der Waals surface area contributed by atoms with E-state index in [0.717, 1.165) is 12.1 Å². The van der Waals surface area contributed by atoms with Crippen LogP contribution in [0.15, 0.2) is 77.7 Å². The summed E-state index contributed by atoms with van der Waals surface area (Å²) in [5.41, 5.74) is -0.228. The Morgan fingerprint density at radius 3 is 2.00 bits per heavy atom. The van der Waals surface area contributed by atoms with Crippen LogP contribution in [0.25, 0.3) is 0 Å². The van der Waals surface area contributed by atoms with E-state index in [2.05, 4.69) is 10.0 Å². The molecule has 0 atom stereocenters. The first-order valence-corrected chi connectivity index (χ1v) is 9.28. The van der Waals surface area contributed by atoms with Crippen molar-refractivity contribution in [1.82, 2.24) is 0 Å². The first-order chi connectivity index (χ1) is 12.9. The number of hydrogen-bond donors (Lipinski definition) is 2. The van der Waals surface area contributed by atoms with Crippen LogP contribution < -0.4 is 10.0 Å². The third-order valence-corrected chi connectivity index (χ3v) is 5.01. The van der Waals surface area contributed by atoms with Gasteiger partial charge in [-0.1, -0.05) is 30.3 Å². The monoisotopic (exact) mass is 388 g/mol. The fraction of sp³-hybridized carbons (Fsp3) is 0. The minimum absolute atomic E-state index is 0.00895. The zero-order valence-corrected chi connectivity index (χ0v) is 14.6. The molecule has 138 valence electrons. The Morgan fingerprint density at radius 2 is 1.37 bits per heavy atom. The van der Waals surface area contributed by atoms with Crippen molar-refractivity contribution in [2.45, 2.75) is 4.90 Å². The molecule has 0 aliphatic rings. The molecule has 0 aliphatic carbocycles. The Morgan fingerprint density at radius 1 is 0.778 bits per heavy atom. The second kappa shape index (κ2) is 7.55. The molecule has 3 aromatic carbocycles. The Hall–Kier alpha value is -3.26. The standard InChI is InChI=1S/C19H14F2N2O3S/c20-15-8-1-3-10-17(15)22-19(24)13-6-5-7-14(12-13)27(25,26)23-18-11-4-2-9-16(18)21/h1-12,23H,(H,22,24). The first-order valence-electron chi connectivity index (χ1n) is 7.80. The molecule has 0 heterocycles. The maximum absolute atomic E-state index is 13.7. The predicted molar refractivity (Wildman–Crippen MR) is 98.0 cm³/mol. The summed E-state index contributed by atoms with van der Waals surface area (Å²) in [4.78, 5) is 12.1. The van der Waals surface area contributed by atoms with E-state index in [4.69, 9.17) is 0 Å². The molecule has 3 aromatic rings. The number of hydrogen-bond acceptors (Lipinski definition) is 3. The zero-order valence-electron chi connectivity index (χ0n) is 13.8. The summed E-state index contributed by atoms with van der Waals surface area (Å²) in [6.45, 7) is 0. The summed E-state index contributed by atoms with van der Waals surface area (Å²) in [6.07, 6.45) is 0. The second-order valence-corrected chi connectivity index (χ2v) is 7.23. The van der Waals surface area contributed by atoms with Gasteiger partial charge in [0.2, 0.25) is 0 Å². The number of benzene rings is 3. The molecular formula is C19H14F2N2O3S. The van der Waals surface area contributed by atoms with Crippen molar-refractivity contribution in [3.63, 3.8) is 0 Å². The Kier molecular flexibility index (Phi) is 5.18. The van der Waals surface area contributed by atoms with Gasteiger partial charge in [-0.2, -0.15) is 0 Å². The van der Waals surface area contributed by atoms with Gasteiger partial charge in [-0.15, -0.1) is 0 Å². The smallest absolute Gasteiger partial charge is 0.262 e. The van der Waals surface area contributed by atoms with Crippen LogP contribution in [0.3, 0.4) is 0 Å². The van der Waals surface area contributed by atoms with Crippen molar-refractivity contribution in [2.75, 3.05) is 10.0 Å². The van der Waals surface area contributed by atoms with Gasteiger partial charge in [0.05, 0.1) is 16.3 Å². The molecule has 0 bridgehead atoms. The van der Waals surface area contributed by atoms with Crippen molar-refractivity contribution >= 4 is 27.3 Å². The topological polar surface area (TPSA) is 75.3 Å². The number of carbonyl (C=O) groups excluding carboxylic acids is 1. The molecule has 0 saturated carbocycles. The molecular weight excluding hydrogens is 374 g/mol. The van der Waals surface area contributed by atoms with Crippen LogP contribution >= 0.6 is 0 Å². The Bertz CT molecular complexity index is 1100. The number of nitrogens with one attached hydrogen (secondary N) is 2. The fourth-order valence-corrected chi connectivity index (χ4v) is 3.42. The molecule has 5 nitrogen and oxygen atoms in total. The summed E-state index contributed by atoms with van der Waals surface area (Å²) < 4.78 is 54.4. The molecule has 3 rings (SSSR count). The number of carbonyl (C=O) groups is 1. The van der Waals surface area contributed by atoms with Gasteiger partial charge in [0, 0.05) is 5.56 Å². The third kappa shape index (κ3) is 4.29. The summed E-state index contributed by atoms with van der Waals surface area (Å²) in [5, 5.41) is 2.37. The molecule has 0 spiro atoms. The average Bonchev–Trinajstić information content (AvgIpc) is 2.65. The average molecular weight is 388 g/mol. The Labute approximate surface area is 154 Å². The van der Waals surface area contributed by atoms with Gasteiger partial charge in [-0.3, -0.25) is 9.52 Å². The summed E-state index contributed by atoms with van der Waals surface area (Å²) in [6, 6.07) is 16.1. The number of sulfonamides is 1. The van der Waals surface area contributed by atoms with Gasteiger partial charge in [0.25, 0.3) is 15.9 Å². The van der Waals surface area contributed by atoms with Gasteiger partial charge in [0.1, 0.15) is 11.6 Å². The number of halogens is 2. The molecule has 27 heavy (non-hydrogen) atoms. The first kappa shape index (κ1) is 18.5. The molecule has 1 amide bonds. The third-order valence-electron chi connectivity index (χ3n) is 3.65. The van der Waals surface area contributed by atoms with E-state index in [1.165, 1.54) is 54.6 Å². The van der Waals surface area contributed by atoms with Gasteiger partial charge >= 0.3 is 0 Å². The van der Waals surface area contributed by atoms with E-state index in [-0.39, 0.29) is 21.8 Å². The van der Waals surface area contributed by atoms with Gasteiger partial charge in [-0.25, -0.2) is 17.2 Å². The van der Waals surface area contributed by atoms with Crippen LogP contribution in [-0.4, -0.2) is 14.3 Å². The van der Waals surface area contributed by atoms with Crippen LogP contribution in [0.5, 0.6) is 0 Å². The number of para-hydroxylation sites is 2. The highest BCUT2D eigenvalue weighted by Gasteiger charge is 2.18. The van der Waals surface area contributed by atoms with Crippen LogP contribution in [0.1, 0.15) is 10.4 Å². The molecule has 0 fully saturated rings. The van der Waals surface area contributed by atoms with Crippen LogP contribution in [0.4, 0.5) is 20.2 Å².